The van der Waals surface area contributed by atoms with Gasteiger partial charge in [0, 0.05) is 6.92 Å². The van der Waals surface area contributed by atoms with E-state index in [1.165, 1.54) is 6.92 Å². The van der Waals surface area contributed by atoms with Crippen LogP contribution in [0.3, 0.4) is 0 Å². The van der Waals surface area contributed by atoms with Crippen molar-refractivity contribution in [2.45, 2.75) is 89.7 Å². The van der Waals surface area contributed by atoms with E-state index < -0.39 is 20.0 Å². The minimum Gasteiger partial charge on any atom is -0.455 e. The Morgan fingerprint density at radius 3 is 2.32 bits per heavy atom. The van der Waals surface area contributed by atoms with E-state index in [2.05, 4.69) is 33.9 Å². The van der Waals surface area contributed by atoms with Crippen LogP contribution < -0.4 is 0 Å². The molecular formula is C19H32O5Si. The van der Waals surface area contributed by atoms with Gasteiger partial charge in [-0.15, -0.1) is 0 Å². The number of hydrogen-bond donors (Lipinski definition) is 1. The monoisotopic (exact) mass is 368 g/mol. The summed E-state index contributed by atoms with van der Waals surface area (Å²) in [5.41, 5.74) is -0.127. The summed E-state index contributed by atoms with van der Waals surface area (Å²) in [6.07, 6.45) is 4.65. The molecule has 1 heterocycles. The molecule has 0 aromatic carbocycles. The molecular weight excluding hydrogens is 336 g/mol. The van der Waals surface area contributed by atoms with Gasteiger partial charge in [0.15, 0.2) is 14.4 Å². The molecule has 6 heteroatoms. The number of hydrogen-bond acceptors (Lipinski definition) is 5. The lowest BCUT2D eigenvalue weighted by atomic mass is 9.93. The molecule has 1 N–H and O–H groups in total. The van der Waals surface area contributed by atoms with Crippen molar-refractivity contribution in [1.82, 2.24) is 0 Å². The fraction of sp³-hybridized carbons (Fsp3) is 0.737. The largest absolute Gasteiger partial charge is 0.455 e. The third-order valence-corrected chi connectivity index (χ3v) is 9.56. The van der Waals surface area contributed by atoms with Gasteiger partial charge in [0.2, 0.25) is 0 Å². The highest BCUT2D eigenvalue weighted by molar-refractivity contribution is 6.74. The number of carbonyl (C=O) groups excluding carboxylic acids is 1. The molecule has 1 aliphatic heterocycles. The fourth-order valence-corrected chi connectivity index (χ4v) is 3.83. The Balaban J connectivity index is 2.28. The smallest absolute Gasteiger partial charge is 0.303 e. The van der Waals surface area contributed by atoms with Crippen molar-refractivity contribution in [2.24, 2.45) is 0 Å². The summed E-state index contributed by atoms with van der Waals surface area (Å²) < 4.78 is 17.8. The Morgan fingerprint density at radius 2 is 1.84 bits per heavy atom. The lowest BCUT2D eigenvalue weighted by Gasteiger charge is -2.39. The molecule has 0 aromatic rings. The van der Waals surface area contributed by atoms with Gasteiger partial charge in [-0.2, -0.15) is 0 Å². The van der Waals surface area contributed by atoms with E-state index in [4.69, 9.17) is 13.9 Å². The van der Waals surface area contributed by atoms with Crippen LogP contribution in [0.15, 0.2) is 23.8 Å². The van der Waals surface area contributed by atoms with E-state index in [0.717, 1.165) is 5.57 Å². The van der Waals surface area contributed by atoms with E-state index in [1.807, 2.05) is 12.2 Å². The predicted molar refractivity (Wildman–Crippen MR) is 99.8 cm³/mol. The number of aliphatic hydroxyl groups is 1. The summed E-state index contributed by atoms with van der Waals surface area (Å²) in [6, 6.07) is 0. The Hall–Kier alpha value is -0.953. The van der Waals surface area contributed by atoms with Gasteiger partial charge in [-0.25, -0.2) is 0 Å². The van der Waals surface area contributed by atoms with Gasteiger partial charge < -0.3 is 19.0 Å². The van der Waals surface area contributed by atoms with Crippen LogP contribution in [-0.4, -0.2) is 49.4 Å². The van der Waals surface area contributed by atoms with Crippen molar-refractivity contribution in [3.05, 3.63) is 23.8 Å². The van der Waals surface area contributed by atoms with E-state index in [0.29, 0.717) is 0 Å². The first kappa shape index (κ1) is 20.4. The molecule has 0 bridgehead atoms. The number of epoxide rings is 1. The zero-order valence-corrected chi connectivity index (χ0v) is 17.6. The molecule has 0 saturated carbocycles. The Bertz CT molecular complexity index is 580. The van der Waals surface area contributed by atoms with Crippen LogP contribution in [0.25, 0.3) is 0 Å². The summed E-state index contributed by atoms with van der Waals surface area (Å²) in [4.78, 5) is 11.5. The Kier molecular flexibility index (Phi) is 5.41. The molecule has 2 aliphatic rings. The van der Waals surface area contributed by atoms with Crippen molar-refractivity contribution in [3.8, 4) is 0 Å². The molecule has 0 amide bonds. The average molecular weight is 369 g/mol. The van der Waals surface area contributed by atoms with Gasteiger partial charge in [0.1, 0.15) is 12.2 Å². The average Bonchev–Trinajstić information content (AvgIpc) is 3.17. The zero-order chi connectivity index (χ0) is 19.2. The van der Waals surface area contributed by atoms with Crippen molar-refractivity contribution in [3.63, 3.8) is 0 Å². The second-order valence-electron chi connectivity index (χ2n) is 9.09. The maximum atomic E-state index is 11.5. The highest BCUT2D eigenvalue weighted by Crippen LogP contribution is 2.44. The quantitative estimate of drug-likeness (QED) is 0.458. The Labute approximate surface area is 152 Å². The van der Waals surface area contributed by atoms with E-state index in [9.17, 15) is 9.90 Å². The fourth-order valence-electron chi connectivity index (χ4n) is 2.60. The van der Waals surface area contributed by atoms with Crippen molar-refractivity contribution < 1.29 is 23.8 Å². The van der Waals surface area contributed by atoms with E-state index in [1.54, 1.807) is 19.9 Å². The van der Waals surface area contributed by atoms with Crippen molar-refractivity contribution in [2.75, 3.05) is 0 Å². The number of esters is 1. The van der Waals surface area contributed by atoms with Crippen LogP contribution in [-0.2, 0) is 18.7 Å². The van der Waals surface area contributed by atoms with Crippen molar-refractivity contribution in [1.29, 1.82) is 0 Å². The first-order valence-electron chi connectivity index (χ1n) is 8.85. The maximum Gasteiger partial charge on any atom is 0.303 e. The van der Waals surface area contributed by atoms with Crippen LogP contribution in [0.2, 0.25) is 18.1 Å². The second-order valence-corrected chi connectivity index (χ2v) is 13.8. The molecule has 0 spiro atoms. The molecule has 0 aromatic heterocycles. The number of ether oxygens (including phenoxy) is 2. The van der Waals surface area contributed by atoms with Crippen LogP contribution in [0, 0.1) is 0 Å². The third kappa shape index (κ3) is 5.03. The second kappa shape index (κ2) is 6.65. The van der Waals surface area contributed by atoms with Gasteiger partial charge in [-0.1, -0.05) is 32.9 Å². The van der Waals surface area contributed by atoms with Gasteiger partial charge in [0.25, 0.3) is 0 Å². The SMILES string of the molecule is CC(=O)O[C@H]1C(/C=C/C(C)(C)O)=C[C@@H](O[Si](C)(C)C(C)(C)C)[C@@H]2O[C@@H]21. The van der Waals surface area contributed by atoms with Crippen LogP contribution in [0.5, 0.6) is 0 Å². The highest BCUT2D eigenvalue weighted by atomic mass is 28.4. The minimum atomic E-state index is -1.96. The first-order chi connectivity index (χ1) is 11.2. The molecule has 2 rings (SSSR count). The minimum absolute atomic E-state index is 0.0715. The molecule has 1 fully saturated rings. The van der Waals surface area contributed by atoms with Gasteiger partial charge in [0.05, 0.1) is 11.7 Å². The van der Waals surface area contributed by atoms with Crippen LogP contribution >= 0.6 is 0 Å². The molecule has 25 heavy (non-hydrogen) atoms. The number of fused-ring (bicyclic) bond motifs is 1. The summed E-state index contributed by atoms with van der Waals surface area (Å²) in [5.74, 6) is -0.342. The summed E-state index contributed by atoms with van der Waals surface area (Å²) in [6.45, 7) is 15.8. The summed E-state index contributed by atoms with van der Waals surface area (Å²) >= 11 is 0. The van der Waals surface area contributed by atoms with Gasteiger partial charge in [-0.3, -0.25) is 4.79 Å². The highest BCUT2D eigenvalue weighted by Gasteiger charge is 2.56. The molecule has 5 nitrogen and oxygen atoms in total. The molecule has 1 aliphatic carbocycles. The molecule has 4 atom stereocenters. The lowest BCUT2D eigenvalue weighted by Crippen LogP contribution is -2.46. The lowest BCUT2D eigenvalue weighted by molar-refractivity contribution is -0.145. The molecule has 1 saturated heterocycles. The molecule has 142 valence electrons. The molecule has 0 radical (unpaired) electrons. The summed E-state index contributed by atoms with van der Waals surface area (Å²) in [5, 5.41) is 10.1. The predicted octanol–water partition coefficient (Wildman–Crippen LogP) is 3.34. The Morgan fingerprint density at radius 1 is 1.24 bits per heavy atom. The summed E-state index contributed by atoms with van der Waals surface area (Å²) in [7, 11) is -1.96. The number of carbonyl (C=O) groups is 1. The standard InChI is InChI=1S/C19H32O5Si/c1-12(20)22-15-13(9-10-19(5,6)21)11-14(16-17(15)23-16)24-25(7,8)18(2,3)4/h9-11,14-17,21H,1-8H3/b10-9+/t14-,15+,16+,17-/m1/s1. The third-order valence-electron chi connectivity index (χ3n) is 5.08. The zero-order valence-electron chi connectivity index (χ0n) is 16.6. The number of rotatable bonds is 5. The normalized spacial score (nSPS) is 30.0. The first-order valence-corrected chi connectivity index (χ1v) is 11.8. The van der Waals surface area contributed by atoms with Gasteiger partial charge in [-0.05, 0) is 43.6 Å². The van der Waals surface area contributed by atoms with Crippen LogP contribution in [0.4, 0.5) is 0 Å². The van der Waals surface area contributed by atoms with Crippen LogP contribution in [0.1, 0.15) is 41.5 Å². The van der Waals surface area contributed by atoms with E-state index >= 15 is 0 Å². The van der Waals surface area contributed by atoms with Crippen molar-refractivity contribution >= 4 is 14.3 Å². The maximum absolute atomic E-state index is 11.5. The molecule has 0 unspecified atom stereocenters. The van der Waals surface area contributed by atoms with Gasteiger partial charge >= 0.3 is 5.97 Å². The van der Waals surface area contributed by atoms with E-state index in [-0.39, 0.29) is 29.3 Å². The topological polar surface area (TPSA) is 68.3 Å².